The molecule has 3 nitrogen and oxygen atoms in total. The number of hydrogen-bond donors (Lipinski definition) is 1. The van der Waals surface area contributed by atoms with E-state index in [9.17, 15) is 4.79 Å². The Hall–Kier alpha value is -2.36. The molecule has 0 radical (unpaired) electrons. The molecular formula is C23H24ClNO2. The van der Waals surface area contributed by atoms with Gasteiger partial charge in [-0.05, 0) is 47.9 Å². The van der Waals surface area contributed by atoms with Crippen molar-refractivity contribution in [3.05, 3.63) is 82.4 Å². The van der Waals surface area contributed by atoms with Gasteiger partial charge < -0.3 is 4.74 Å². The molecule has 0 saturated carbocycles. The number of nitrogens with one attached hydrogen (secondary N) is 1. The summed E-state index contributed by atoms with van der Waals surface area (Å²) < 4.78 is 5.08. The van der Waals surface area contributed by atoms with E-state index in [0.717, 1.165) is 11.1 Å². The molecule has 0 heterocycles. The standard InChI is InChI=1S/C23H24ClNO2/c1-16-4-8-20-13-18(5-9-19(20)12-16)14-23(2,22(26)27-3)25-15-17-6-10-21(24)11-7-17/h4-13,25H,14-15H2,1-3H3/t23-/m0/s1. The number of esters is 1. The van der Waals surface area contributed by atoms with E-state index in [-0.39, 0.29) is 5.97 Å². The number of halogens is 1. The lowest BCUT2D eigenvalue weighted by molar-refractivity contribution is -0.148. The van der Waals surface area contributed by atoms with Crippen LogP contribution < -0.4 is 5.32 Å². The van der Waals surface area contributed by atoms with Crippen molar-refractivity contribution in [3.8, 4) is 0 Å². The highest BCUT2D eigenvalue weighted by atomic mass is 35.5. The van der Waals surface area contributed by atoms with Crippen molar-refractivity contribution in [2.24, 2.45) is 0 Å². The Morgan fingerprint density at radius 3 is 2.33 bits per heavy atom. The monoisotopic (exact) mass is 381 g/mol. The first kappa shape index (κ1) is 19.4. The van der Waals surface area contributed by atoms with Crippen molar-refractivity contribution in [2.75, 3.05) is 7.11 Å². The van der Waals surface area contributed by atoms with Gasteiger partial charge in [0, 0.05) is 18.0 Å². The summed E-state index contributed by atoms with van der Waals surface area (Å²) in [5.41, 5.74) is 2.55. The molecule has 4 heteroatoms. The highest BCUT2D eigenvalue weighted by Gasteiger charge is 2.34. The second-order valence-corrected chi connectivity index (χ2v) is 7.60. The quantitative estimate of drug-likeness (QED) is 0.606. The third-order valence-corrected chi connectivity index (χ3v) is 5.10. The first-order chi connectivity index (χ1) is 12.9. The first-order valence-electron chi connectivity index (χ1n) is 8.97. The Kier molecular flexibility index (Phi) is 5.83. The van der Waals surface area contributed by atoms with E-state index in [0.29, 0.717) is 18.0 Å². The summed E-state index contributed by atoms with van der Waals surface area (Å²) in [6.45, 7) is 4.52. The second kappa shape index (κ2) is 8.12. The third kappa shape index (κ3) is 4.68. The topological polar surface area (TPSA) is 38.3 Å². The summed E-state index contributed by atoms with van der Waals surface area (Å²) in [6, 6.07) is 20.3. The number of aryl methyl sites for hydroxylation is 1. The molecular weight excluding hydrogens is 358 g/mol. The lowest BCUT2D eigenvalue weighted by Crippen LogP contribution is -2.51. The van der Waals surface area contributed by atoms with Crippen LogP contribution in [0.2, 0.25) is 5.02 Å². The van der Waals surface area contributed by atoms with Gasteiger partial charge in [0.1, 0.15) is 5.54 Å². The Labute approximate surface area is 165 Å². The molecule has 3 aromatic rings. The molecule has 3 aromatic carbocycles. The molecule has 3 rings (SSSR count). The van der Waals surface area contributed by atoms with Gasteiger partial charge in [-0.15, -0.1) is 0 Å². The minimum atomic E-state index is -0.827. The Morgan fingerprint density at radius 1 is 1.00 bits per heavy atom. The van der Waals surface area contributed by atoms with Crippen LogP contribution >= 0.6 is 11.6 Å². The van der Waals surface area contributed by atoms with E-state index in [4.69, 9.17) is 16.3 Å². The molecule has 1 N–H and O–H groups in total. The van der Waals surface area contributed by atoms with Crippen LogP contribution in [0.1, 0.15) is 23.6 Å². The minimum absolute atomic E-state index is 0.277. The Morgan fingerprint density at radius 2 is 1.63 bits per heavy atom. The van der Waals surface area contributed by atoms with Crippen molar-refractivity contribution in [2.45, 2.75) is 32.4 Å². The molecule has 1 atom stereocenters. The van der Waals surface area contributed by atoms with Gasteiger partial charge in [0.15, 0.2) is 0 Å². The summed E-state index contributed by atoms with van der Waals surface area (Å²) in [4.78, 5) is 12.5. The number of carbonyl (C=O) groups excluding carboxylic acids is 1. The van der Waals surface area contributed by atoms with Crippen molar-refractivity contribution >= 4 is 28.3 Å². The van der Waals surface area contributed by atoms with Gasteiger partial charge in [-0.1, -0.05) is 65.7 Å². The predicted octanol–water partition coefficient (Wildman–Crippen LogP) is 5.07. The lowest BCUT2D eigenvalue weighted by atomic mass is 9.91. The summed E-state index contributed by atoms with van der Waals surface area (Å²) >= 11 is 5.94. The maximum absolute atomic E-state index is 12.5. The van der Waals surface area contributed by atoms with Crippen LogP contribution in [-0.4, -0.2) is 18.6 Å². The summed E-state index contributed by atoms with van der Waals surface area (Å²) in [6.07, 6.45) is 0.539. The highest BCUT2D eigenvalue weighted by molar-refractivity contribution is 6.30. The maximum atomic E-state index is 12.5. The lowest BCUT2D eigenvalue weighted by Gasteiger charge is -2.28. The number of benzene rings is 3. The molecule has 0 bridgehead atoms. The SMILES string of the molecule is COC(=O)[C@](C)(Cc1ccc2cc(C)ccc2c1)NCc1ccc(Cl)cc1. The van der Waals surface area contributed by atoms with Gasteiger partial charge in [-0.3, -0.25) is 10.1 Å². The van der Waals surface area contributed by atoms with E-state index < -0.39 is 5.54 Å². The fourth-order valence-electron chi connectivity index (χ4n) is 3.26. The van der Waals surface area contributed by atoms with Gasteiger partial charge >= 0.3 is 5.97 Å². The summed E-state index contributed by atoms with van der Waals surface area (Å²) in [7, 11) is 1.42. The van der Waals surface area contributed by atoms with E-state index in [1.165, 1.54) is 23.4 Å². The van der Waals surface area contributed by atoms with E-state index in [1.54, 1.807) is 0 Å². The zero-order valence-electron chi connectivity index (χ0n) is 15.9. The minimum Gasteiger partial charge on any atom is -0.468 e. The number of methoxy groups -OCH3 is 1. The summed E-state index contributed by atoms with van der Waals surface area (Å²) in [5, 5.41) is 6.44. The molecule has 0 saturated heterocycles. The molecule has 0 aliphatic rings. The average molecular weight is 382 g/mol. The predicted molar refractivity (Wildman–Crippen MR) is 111 cm³/mol. The number of hydrogen-bond acceptors (Lipinski definition) is 3. The summed E-state index contributed by atoms with van der Waals surface area (Å²) in [5.74, 6) is -0.277. The van der Waals surface area contributed by atoms with Gasteiger partial charge in [0.2, 0.25) is 0 Å². The largest absolute Gasteiger partial charge is 0.468 e. The Balaban J connectivity index is 1.82. The van der Waals surface area contributed by atoms with Gasteiger partial charge in [0.05, 0.1) is 7.11 Å². The fraction of sp³-hybridized carbons (Fsp3) is 0.261. The molecule has 0 fully saturated rings. The number of carbonyl (C=O) groups is 1. The Bertz CT molecular complexity index is 952. The van der Waals surface area contributed by atoms with Gasteiger partial charge in [-0.25, -0.2) is 0 Å². The zero-order valence-corrected chi connectivity index (χ0v) is 16.6. The number of rotatable bonds is 6. The van der Waals surface area contributed by atoms with E-state index in [2.05, 4.69) is 48.6 Å². The van der Waals surface area contributed by atoms with Crippen LogP contribution in [-0.2, 0) is 22.5 Å². The van der Waals surface area contributed by atoms with Gasteiger partial charge in [-0.2, -0.15) is 0 Å². The van der Waals surface area contributed by atoms with Crippen molar-refractivity contribution in [1.29, 1.82) is 0 Å². The van der Waals surface area contributed by atoms with Crippen molar-refractivity contribution in [3.63, 3.8) is 0 Å². The number of ether oxygens (including phenoxy) is 1. The molecule has 0 unspecified atom stereocenters. The molecule has 0 aliphatic carbocycles. The molecule has 0 aromatic heterocycles. The van der Waals surface area contributed by atoms with E-state index in [1.807, 2.05) is 31.2 Å². The highest BCUT2D eigenvalue weighted by Crippen LogP contribution is 2.22. The van der Waals surface area contributed by atoms with Crippen molar-refractivity contribution in [1.82, 2.24) is 5.32 Å². The molecule has 140 valence electrons. The van der Waals surface area contributed by atoms with Crippen LogP contribution in [0.3, 0.4) is 0 Å². The van der Waals surface area contributed by atoms with Crippen LogP contribution in [0.25, 0.3) is 10.8 Å². The molecule has 27 heavy (non-hydrogen) atoms. The van der Waals surface area contributed by atoms with E-state index >= 15 is 0 Å². The van der Waals surface area contributed by atoms with Crippen LogP contribution in [0.15, 0.2) is 60.7 Å². The molecule has 0 aliphatic heterocycles. The van der Waals surface area contributed by atoms with Crippen LogP contribution in [0, 0.1) is 6.92 Å². The number of fused-ring (bicyclic) bond motifs is 1. The molecule has 0 spiro atoms. The first-order valence-corrected chi connectivity index (χ1v) is 9.35. The third-order valence-electron chi connectivity index (χ3n) is 4.85. The second-order valence-electron chi connectivity index (χ2n) is 7.17. The van der Waals surface area contributed by atoms with Gasteiger partial charge in [0.25, 0.3) is 0 Å². The zero-order chi connectivity index (χ0) is 19.4. The van der Waals surface area contributed by atoms with Crippen LogP contribution in [0.4, 0.5) is 0 Å². The normalized spacial score (nSPS) is 13.3. The van der Waals surface area contributed by atoms with Crippen molar-refractivity contribution < 1.29 is 9.53 Å². The maximum Gasteiger partial charge on any atom is 0.326 e. The smallest absolute Gasteiger partial charge is 0.326 e. The molecule has 0 amide bonds. The van der Waals surface area contributed by atoms with Crippen LogP contribution in [0.5, 0.6) is 0 Å². The average Bonchev–Trinajstić information content (AvgIpc) is 2.67. The fourth-order valence-corrected chi connectivity index (χ4v) is 3.39.